The zero-order chi connectivity index (χ0) is 21.2. The summed E-state index contributed by atoms with van der Waals surface area (Å²) in [6.45, 7) is 3.08. The molecule has 29 heavy (non-hydrogen) atoms. The molecule has 0 aliphatic heterocycles. The van der Waals surface area contributed by atoms with E-state index in [4.69, 9.17) is 20.9 Å². The summed E-state index contributed by atoms with van der Waals surface area (Å²) in [6.07, 6.45) is -0.832. The van der Waals surface area contributed by atoms with Crippen LogP contribution in [0.1, 0.15) is 13.8 Å². The molecule has 11 nitrogen and oxygen atoms in total. The maximum Gasteiger partial charge on any atom is 0.511 e. The highest BCUT2D eigenvalue weighted by Crippen LogP contribution is 2.30. The summed E-state index contributed by atoms with van der Waals surface area (Å²) in [7, 11) is 0. The van der Waals surface area contributed by atoms with E-state index in [9.17, 15) is 9.59 Å². The van der Waals surface area contributed by atoms with Crippen LogP contribution in [-0.4, -0.2) is 36.5 Å². The summed E-state index contributed by atoms with van der Waals surface area (Å²) in [5.41, 5.74) is 12.0. The van der Waals surface area contributed by atoms with Crippen molar-refractivity contribution in [3.63, 3.8) is 0 Å². The van der Waals surface area contributed by atoms with E-state index in [1.807, 2.05) is 0 Å². The van der Waals surface area contributed by atoms with Gasteiger partial charge in [0.1, 0.15) is 17.2 Å². The number of rotatable bonds is 8. The Bertz CT molecular complexity index is 887. The third kappa shape index (κ3) is 6.74. The van der Waals surface area contributed by atoms with Crippen molar-refractivity contribution in [3.8, 4) is 5.75 Å². The van der Waals surface area contributed by atoms with Gasteiger partial charge in [-0.1, -0.05) is 12.1 Å². The molecule has 0 aliphatic carbocycles. The highest BCUT2D eigenvalue weighted by Gasteiger charge is 2.10. The number of hydrogen-bond donors (Lipinski definition) is 3. The molecule has 1 aromatic heterocycles. The second kappa shape index (κ2) is 10.6. The fraction of sp³-hybridized carbons (Fsp3) is 0.278. The molecule has 0 fully saturated rings. The van der Waals surface area contributed by atoms with Gasteiger partial charge in [0.2, 0.25) is 12.7 Å². The minimum atomic E-state index is -0.832. The number of carbonyl (C=O) groups is 2. The average molecular weight is 402 g/mol. The van der Waals surface area contributed by atoms with E-state index in [2.05, 4.69) is 25.3 Å². The lowest BCUT2D eigenvalue weighted by Gasteiger charge is -2.09. The summed E-state index contributed by atoms with van der Waals surface area (Å²) in [5.74, 6) is 0.277. The van der Waals surface area contributed by atoms with Gasteiger partial charge in [-0.3, -0.25) is 4.79 Å². The maximum absolute atomic E-state index is 11.6. The van der Waals surface area contributed by atoms with Crippen molar-refractivity contribution in [1.29, 1.82) is 0 Å². The molecule has 1 amide bonds. The molecule has 0 spiro atoms. The maximum atomic E-state index is 11.6. The summed E-state index contributed by atoms with van der Waals surface area (Å²) in [5, 5.41) is 10.7. The summed E-state index contributed by atoms with van der Waals surface area (Å²) in [4.78, 5) is 26.8. The van der Waals surface area contributed by atoms with E-state index in [0.717, 1.165) is 0 Å². The van der Waals surface area contributed by atoms with Gasteiger partial charge in [-0.15, -0.1) is 10.2 Å². The first-order valence-electron chi connectivity index (χ1n) is 8.66. The van der Waals surface area contributed by atoms with Crippen LogP contribution in [-0.2, 0) is 14.3 Å². The first-order valence-corrected chi connectivity index (χ1v) is 8.66. The molecule has 1 aromatic carbocycles. The summed E-state index contributed by atoms with van der Waals surface area (Å²) in [6, 6.07) is 9.16. The van der Waals surface area contributed by atoms with E-state index >= 15 is 0 Å². The number of carbonyl (C=O) groups excluding carboxylic acids is 2. The average Bonchev–Trinajstić information content (AvgIpc) is 2.68. The number of nitrogens with two attached hydrogens (primary N) is 2. The van der Waals surface area contributed by atoms with Gasteiger partial charge in [-0.05, 0) is 38.1 Å². The van der Waals surface area contributed by atoms with Crippen molar-refractivity contribution in [2.24, 2.45) is 16.0 Å². The number of aromatic nitrogens is 1. The van der Waals surface area contributed by atoms with Crippen LogP contribution in [0.4, 0.5) is 27.8 Å². The highest BCUT2D eigenvalue weighted by molar-refractivity contribution is 5.93. The summed E-state index contributed by atoms with van der Waals surface area (Å²) < 4.78 is 14.8. The molecule has 1 atom stereocenters. The van der Waals surface area contributed by atoms with Crippen LogP contribution in [0, 0.1) is 0 Å². The van der Waals surface area contributed by atoms with E-state index in [1.54, 1.807) is 44.2 Å². The van der Waals surface area contributed by atoms with Crippen molar-refractivity contribution in [2.45, 2.75) is 19.9 Å². The molecular weight excluding hydrogens is 380 g/mol. The second-order valence-electron chi connectivity index (χ2n) is 5.64. The number of hydrogen-bond acceptors (Lipinski definition) is 10. The minimum Gasteiger partial charge on any atom is -0.455 e. The lowest BCUT2D eigenvalue weighted by Crippen LogP contribution is -2.32. The molecule has 0 aliphatic rings. The number of nitrogen functional groups attached to an aromatic ring is 1. The molecule has 154 valence electrons. The van der Waals surface area contributed by atoms with Crippen LogP contribution in [0.3, 0.4) is 0 Å². The van der Waals surface area contributed by atoms with E-state index in [0.29, 0.717) is 17.1 Å². The Morgan fingerprint density at radius 2 is 1.86 bits per heavy atom. The fourth-order valence-electron chi connectivity index (χ4n) is 1.93. The van der Waals surface area contributed by atoms with Gasteiger partial charge >= 0.3 is 6.16 Å². The molecule has 11 heteroatoms. The third-order valence-corrected chi connectivity index (χ3v) is 3.35. The Kier molecular flexibility index (Phi) is 7.86. The molecule has 2 rings (SSSR count). The number of para-hydroxylation sites is 1. The van der Waals surface area contributed by atoms with Crippen LogP contribution in [0.25, 0.3) is 0 Å². The smallest absolute Gasteiger partial charge is 0.455 e. The number of nitrogens with zero attached hydrogens (tertiary/aromatic N) is 3. The Balaban J connectivity index is 2.06. The van der Waals surface area contributed by atoms with Crippen LogP contribution >= 0.6 is 0 Å². The number of anilines is 2. The fourth-order valence-corrected chi connectivity index (χ4v) is 1.93. The van der Waals surface area contributed by atoms with E-state index in [-0.39, 0.29) is 30.9 Å². The van der Waals surface area contributed by atoms with E-state index in [1.165, 1.54) is 6.07 Å². The third-order valence-electron chi connectivity index (χ3n) is 3.35. The Morgan fingerprint density at radius 1 is 1.14 bits per heavy atom. The van der Waals surface area contributed by atoms with Gasteiger partial charge in [0.15, 0.2) is 11.6 Å². The number of amides is 1. The topological polar surface area (TPSA) is 164 Å². The van der Waals surface area contributed by atoms with Gasteiger partial charge in [-0.25, -0.2) is 9.78 Å². The largest absolute Gasteiger partial charge is 0.511 e. The van der Waals surface area contributed by atoms with Crippen LogP contribution in [0.2, 0.25) is 0 Å². The molecule has 0 bridgehead atoms. The zero-order valence-electron chi connectivity index (χ0n) is 16.0. The van der Waals surface area contributed by atoms with Crippen molar-refractivity contribution in [3.05, 3.63) is 36.4 Å². The predicted molar refractivity (Wildman–Crippen MR) is 105 cm³/mol. The minimum absolute atomic E-state index is 0.0697. The van der Waals surface area contributed by atoms with E-state index < -0.39 is 12.2 Å². The van der Waals surface area contributed by atoms with Crippen LogP contribution in [0.15, 0.2) is 46.6 Å². The van der Waals surface area contributed by atoms with Gasteiger partial charge < -0.3 is 31.0 Å². The quantitative estimate of drug-likeness (QED) is 0.344. The molecule has 1 heterocycles. The molecule has 0 unspecified atom stereocenters. The summed E-state index contributed by atoms with van der Waals surface area (Å²) >= 11 is 0. The van der Waals surface area contributed by atoms with Crippen LogP contribution < -0.4 is 21.5 Å². The van der Waals surface area contributed by atoms with Gasteiger partial charge in [0.05, 0.1) is 12.6 Å². The number of pyridine rings is 1. The van der Waals surface area contributed by atoms with Crippen molar-refractivity contribution < 1.29 is 23.8 Å². The lowest BCUT2D eigenvalue weighted by atomic mass is 10.3. The first kappa shape index (κ1) is 21.6. The van der Waals surface area contributed by atoms with Crippen molar-refractivity contribution >= 4 is 35.1 Å². The predicted octanol–water partition coefficient (Wildman–Crippen LogP) is 2.87. The van der Waals surface area contributed by atoms with Gasteiger partial charge in [-0.2, -0.15) is 0 Å². The molecule has 0 saturated carbocycles. The van der Waals surface area contributed by atoms with Gasteiger partial charge in [0, 0.05) is 0 Å². The Morgan fingerprint density at radius 3 is 2.55 bits per heavy atom. The standard InChI is InChI=1S/C18H22N6O5/c1-3-27-18(26)29-10-28-14-7-5-4-6-12(14)23-24-13-8-9-15(21-16(13)20)22-17(25)11(2)19/h4-9,11H,3,10,19H2,1-2H3,(H3,20,21,22,25)/t11-/m0/s1. The monoisotopic (exact) mass is 402 g/mol. The molecule has 5 N–H and O–H groups in total. The second-order valence-corrected chi connectivity index (χ2v) is 5.64. The van der Waals surface area contributed by atoms with Crippen LogP contribution in [0.5, 0.6) is 5.75 Å². The van der Waals surface area contributed by atoms with Crippen molar-refractivity contribution in [2.75, 3.05) is 24.5 Å². The number of benzene rings is 1. The number of nitrogens with one attached hydrogen (secondary N) is 1. The Labute approximate surface area is 167 Å². The normalized spacial score (nSPS) is 11.7. The molecule has 2 aromatic rings. The molecule has 0 radical (unpaired) electrons. The van der Waals surface area contributed by atoms with Gasteiger partial charge in [0.25, 0.3) is 0 Å². The lowest BCUT2D eigenvalue weighted by molar-refractivity contribution is -0.117. The highest BCUT2D eigenvalue weighted by atomic mass is 16.8. The Hall–Kier alpha value is -3.73. The number of ether oxygens (including phenoxy) is 3. The molecular formula is C18H22N6O5. The first-order chi connectivity index (χ1) is 13.9. The molecule has 0 saturated heterocycles. The zero-order valence-corrected chi connectivity index (χ0v) is 16.0. The SMILES string of the molecule is CCOC(=O)OCOc1ccccc1N=Nc1ccc(NC(=O)[C@H](C)N)nc1N. The number of azo groups is 1. The van der Waals surface area contributed by atoms with Crippen molar-refractivity contribution in [1.82, 2.24) is 4.98 Å².